The van der Waals surface area contributed by atoms with Gasteiger partial charge in [0.05, 0.1) is 17.6 Å². The zero-order chi connectivity index (χ0) is 27.2. The molecule has 5 rings (SSSR count). The fourth-order valence-electron chi connectivity index (χ4n) is 4.33. The third-order valence-corrected chi connectivity index (χ3v) is 5.95. The summed E-state index contributed by atoms with van der Waals surface area (Å²) in [6.07, 6.45) is 1.77. The number of nitrogens with two attached hydrogens (primary N) is 1. The van der Waals surface area contributed by atoms with Gasteiger partial charge in [-0.15, -0.1) is 0 Å². The van der Waals surface area contributed by atoms with E-state index in [-0.39, 0.29) is 39.4 Å². The SMILES string of the molecule is CC[C@H](c1cnn(-c2ccc(F)cc2F)c1)n1c(C#N)c(-c2cnc(C(F)(F)F)nc2)c2c(N)ncnc21. The molecular weight excluding hydrogens is 509 g/mol. The monoisotopic (exact) mass is 525 g/mol. The highest BCUT2D eigenvalue weighted by Gasteiger charge is 2.35. The molecule has 0 aliphatic rings. The molecule has 2 N–H and O–H groups in total. The van der Waals surface area contributed by atoms with Gasteiger partial charge in [-0.05, 0) is 18.6 Å². The zero-order valence-electron chi connectivity index (χ0n) is 19.4. The van der Waals surface area contributed by atoms with Crippen molar-refractivity contribution in [1.82, 2.24) is 34.3 Å². The lowest BCUT2D eigenvalue weighted by Crippen LogP contribution is -2.12. The van der Waals surface area contributed by atoms with Gasteiger partial charge < -0.3 is 10.3 Å². The Hall–Kier alpha value is -4.93. The number of aromatic nitrogens is 7. The first-order valence-electron chi connectivity index (χ1n) is 11.1. The number of hydrogen-bond acceptors (Lipinski definition) is 7. The van der Waals surface area contributed by atoms with E-state index < -0.39 is 29.7 Å². The van der Waals surface area contributed by atoms with Gasteiger partial charge in [-0.2, -0.15) is 23.5 Å². The second kappa shape index (κ2) is 9.18. The van der Waals surface area contributed by atoms with E-state index in [1.54, 1.807) is 4.57 Å². The Labute approximate surface area is 211 Å². The summed E-state index contributed by atoms with van der Waals surface area (Å²) in [5, 5.41) is 14.6. The normalized spacial score (nSPS) is 12.6. The van der Waals surface area contributed by atoms with Gasteiger partial charge in [0, 0.05) is 41.3 Å². The van der Waals surface area contributed by atoms with Crippen molar-refractivity contribution in [2.45, 2.75) is 25.6 Å². The van der Waals surface area contributed by atoms with E-state index in [1.807, 2.05) is 6.92 Å². The molecule has 9 nitrogen and oxygen atoms in total. The quantitative estimate of drug-likeness (QED) is 0.326. The smallest absolute Gasteiger partial charge is 0.383 e. The average molecular weight is 525 g/mol. The van der Waals surface area contributed by atoms with Crippen molar-refractivity contribution in [2.24, 2.45) is 0 Å². The van der Waals surface area contributed by atoms with Crippen molar-refractivity contribution in [3.05, 3.63) is 78.0 Å². The van der Waals surface area contributed by atoms with E-state index in [1.165, 1.54) is 29.5 Å². The van der Waals surface area contributed by atoms with Crippen LogP contribution in [0, 0.1) is 23.0 Å². The first-order chi connectivity index (χ1) is 18.1. The van der Waals surface area contributed by atoms with E-state index >= 15 is 0 Å². The van der Waals surface area contributed by atoms with Gasteiger partial charge >= 0.3 is 6.18 Å². The Kier molecular flexibility index (Phi) is 5.98. The predicted octanol–water partition coefficient (Wildman–Crippen LogP) is 4.82. The van der Waals surface area contributed by atoms with Crippen LogP contribution in [-0.4, -0.2) is 34.3 Å². The van der Waals surface area contributed by atoms with Crippen LogP contribution < -0.4 is 5.73 Å². The molecule has 4 heterocycles. The minimum Gasteiger partial charge on any atom is -0.383 e. The predicted molar refractivity (Wildman–Crippen MR) is 125 cm³/mol. The topological polar surface area (TPSA) is 124 Å². The fraction of sp³-hybridized carbons (Fsp3) is 0.167. The lowest BCUT2D eigenvalue weighted by molar-refractivity contribution is -0.144. The highest BCUT2D eigenvalue weighted by Crippen LogP contribution is 2.40. The molecule has 0 unspecified atom stereocenters. The second-order valence-electron chi connectivity index (χ2n) is 8.19. The van der Waals surface area contributed by atoms with E-state index in [9.17, 15) is 27.2 Å². The number of nitriles is 1. The molecule has 14 heteroatoms. The number of nitrogens with zero attached hydrogens (tertiary/aromatic N) is 8. The zero-order valence-corrected chi connectivity index (χ0v) is 19.4. The standard InChI is InChI=1S/C24H16F5N9/c1-2-16(13-9-36-37(10-13)17-4-3-14(25)5-15(17)26)38-18(6-30)19(20-21(31)34-11-35-22(20)38)12-7-32-23(33-8-12)24(27,28)29/h3-5,7-11,16H,2H2,1H3,(H2,31,34,35)/t16-/m1/s1. The maximum atomic E-state index is 14.4. The molecule has 1 atom stereocenters. The van der Waals surface area contributed by atoms with Crippen LogP contribution in [0.2, 0.25) is 0 Å². The maximum Gasteiger partial charge on any atom is 0.451 e. The van der Waals surface area contributed by atoms with Crippen molar-refractivity contribution < 1.29 is 22.0 Å². The van der Waals surface area contributed by atoms with Crippen LogP contribution in [-0.2, 0) is 6.18 Å². The van der Waals surface area contributed by atoms with Crippen LogP contribution in [0.3, 0.4) is 0 Å². The lowest BCUT2D eigenvalue weighted by atomic mass is 10.1. The van der Waals surface area contributed by atoms with Crippen molar-refractivity contribution in [3.63, 3.8) is 0 Å². The Morgan fingerprint density at radius 1 is 1.08 bits per heavy atom. The largest absolute Gasteiger partial charge is 0.451 e. The summed E-state index contributed by atoms with van der Waals surface area (Å²) in [6.45, 7) is 1.83. The molecule has 0 radical (unpaired) electrons. The summed E-state index contributed by atoms with van der Waals surface area (Å²) in [5.41, 5.74) is 7.26. The molecule has 1 aromatic carbocycles. The van der Waals surface area contributed by atoms with Crippen LogP contribution in [0.25, 0.3) is 27.8 Å². The van der Waals surface area contributed by atoms with Crippen molar-refractivity contribution in [1.29, 1.82) is 5.26 Å². The van der Waals surface area contributed by atoms with Crippen LogP contribution in [0.15, 0.2) is 49.3 Å². The molecule has 38 heavy (non-hydrogen) atoms. The van der Waals surface area contributed by atoms with Crippen molar-refractivity contribution in [3.8, 4) is 22.9 Å². The molecule has 0 saturated heterocycles. The summed E-state index contributed by atoms with van der Waals surface area (Å²) in [4.78, 5) is 15.1. The van der Waals surface area contributed by atoms with Gasteiger partial charge in [0.15, 0.2) is 5.82 Å². The molecule has 0 bridgehead atoms. The van der Waals surface area contributed by atoms with Crippen LogP contribution in [0.4, 0.5) is 27.8 Å². The van der Waals surface area contributed by atoms with Gasteiger partial charge in [-0.25, -0.2) is 33.4 Å². The number of anilines is 1. The van der Waals surface area contributed by atoms with Crippen LogP contribution >= 0.6 is 0 Å². The average Bonchev–Trinajstić information content (AvgIpc) is 3.48. The molecule has 4 aromatic heterocycles. The molecule has 0 amide bonds. The highest BCUT2D eigenvalue weighted by molar-refractivity contribution is 6.03. The number of rotatable bonds is 5. The first kappa shape index (κ1) is 24.8. The Bertz CT molecular complexity index is 1700. The maximum absolute atomic E-state index is 14.4. The molecule has 0 spiro atoms. The Balaban J connectivity index is 1.70. The van der Waals surface area contributed by atoms with Gasteiger partial charge in [0.1, 0.15) is 41.1 Å². The van der Waals surface area contributed by atoms with Gasteiger partial charge in [0.2, 0.25) is 5.82 Å². The molecule has 0 aliphatic heterocycles. The molecule has 0 fully saturated rings. The van der Waals surface area contributed by atoms with E-state index in [4.69, 9.17) is 5.73 Å². The Morgan fingerprint density at radius 2 is 1.82 bits per heavy atom. The summed E-state index contributed by atoms with van der Waals surface area (Å²) < 4.78 is 69.6. The number of nitrogen functional groups attached to an aromatic ring is 1. The van der Waals surface area contributed by atoms with E-state index in [0.29, 0.717) is 12.0 Å². The van der Waals surface area contributed by atoms with E-state index in [0.717, 1.165) is 24.5 Å². The van der Waals surface area contributed by atoms with Crippen molar-refractivity contribution in [2.75, 3.05) is 5.73 Å². The van der Waals surface area contributed by atoms with Gasteiger partial charge in [0.25, 0.3) is 0 Å². The molecule has 5 aromatic rings. The second-order valence-corrected chi connectivity index (χ2v) is 8.19. The molecule has 0 saturated carbocycles. The minimum absolute atomic E-state index is 0.000852. The molecule has 192 valence electrons. The number of hydrogen-bond donors (Lipinski definition) is 1. The number of benzene rings is 1. The van der Waals surface area contributed by atoms with Gasteiger partial charge in [-0.1, -0.05) is 6.92 Å². The summed E-state index contributed by atoms with van der Waals surface area (Å²) in [7, 11) is 0. The lowest BCUT2D eigenvalue weighted by Gasteiger charge is -2.18. The third kappa shape index (κ3) is 4.07. The Morgan fingerprint density at radius 3 is 2.45 bits per heavy atom. The summed E-state index contributed by atoms with van der Waals surface area (Å²) in [5.74, 6) is -2.89. The number of fused-ring (bicyclic) bond motifs is 1. The summed E-state index contributed by atoms with van der Waals surface area (Å²) >= 11 is 0. The number of halogens is 5. The van der Waals surface area contributed by atoms with Crippen LogP contribution in [0.5, 0.6) is 0 Å². The van der Waals surface area contributed by atoms with Gasteiger partial charge in [-0.3, -0.25) is 0 Å². The summed E-state index contributed by atoms with van der Waals surface area (Å²) in [6, 6.07) is 4.59. The fourth-order valence-corrected chi connectivity index (χ4v) is 4.33. The third-order valence-electron chi connectivity index (χ3n) is 5.95. The molecule has 0 aliphatic carbocycles. The molecular formula is C24H16F5N9. The van der Waals surface area contributed by atoms with Crippen molar-refractivity contribution >= 4 is 16.9 Å². The van der Waals surface area contributed by atoms with Crippen LogP contribution in [0.1, 0.15) is 36.5 Å². The van der Waals surface area contributed by atoms with E-state index in [2.05, 4.69) is 31.1 Å². The first-order valence-corrected chi connectivity index (χ1v) is 11.1. The highest BCUT2D eigenvalue weighted by atomic mass is 19.4. The minimum atomic E-state index is -4.75. The number of alkyl halides is 3.